The molecule has 1 spiro atoms. The second kappa shape index (κ2) is 9.36. The number of ether oxygens (including phenoxy) is 3. The van der Waals surface area contributed by atoms with E-state index in [0.717, 1.165) is 29.7 Å². The first kappa shape index (κ1) is 25.9. The molecule has 2 aromatic carbocycles. The first-order valence-electron chi connectivity index (χ1n) is 13.5. The normalized spacial score (nSPS) is 30.2. The van der Waals surface area contributed by atoms with Crippen LogP contribution in [0.4, 0.5) is 0 Å². The van der Waals surface area contributed by atoms with Gasteiger partial charge in [-0.15, -0.1) is 0 Å². The molecule has 2 aromatic rings. The van der Waals surface area contributed by atoms with E-state index in [0.29, 0.717) is 18.6 Å². The zero-order valence-electron chi connectivity index (χ0n) is 22.1. The summed E-state index contributed by atoms with van der Waals surface area (Å²) in [6.45, 7) is 2.25. The van der Waals surface area contributed by atoms with Crippen LogP contribution in [0, 0.1) is 0 Å². The van der Waals surface area contributed by atoms with Crippen molar-refractivity contribution in [3.8, 4) is 11.5 Å². The van der Waals surface area contributed by atoms with Crippen LogP contribution in [0.1, 0.15) is 42.9 Å². The third-order valence-electron chi connectivity index (χ3n) is 9.02. The molecule has 206 valence electrons. The van der Waals surface area contributed by atoms with E-state index in [9.17, 15) is 19.8 Å². The molecular formula is C30H34N2O7. The topological polar surface area (TPSA) is 132 Å². The highest BCUT2D eigenvalue weighted by Crippen LogP contribution is 2.64. The largest absolute Gasteiger partial charge is 0.504 e. The molecular weight excluding hydrogens is 500 g/mol. The zero-order chi connectivity index (χ0) is 27.5. The number of phenolic OH excluding ortho intramolecular Hbond substituents is 1. The van der Waals surface area contributed by atoms with Gasteiger partial charge in [-0.25, -0.2) is 4.79 Å². The van der Waals surface area contributed by atoms with Crippen LogP contribution >= 0.6 is 0 Å². The summed E-state index contributed by atoms with van der Waals surface area (Å²) in [4.78, 5) is 27.9. The summed E-state index contributed by atoms with van der Waals surface area (Å²) in [6.07, 6.45) is 2.28. The van der Waals surface area contributed by atoms with Crippen molar-refractivity contribution < 1.29 is 34.0 Å². The summed E-state index contributed by atoms with van der Waals surface area (Å²) in [5.74, 6) is -0.862. The third kappa shape index (κ3) is 3.86. The van der Waals surface area contributed by atoms with E-state index in [1.54, 1.807) is 12.1 Å². The predicted molar refractivity (Wildman–Crippen MR) is 141 cm³/mol. The molecule has 2 aliphatic heterocycles. The smallest absolute Gasteiger partial charge is 0.352 e. The van der Waals surface area contributed by atoms with E-state index in [4.69, 9.17) is 19.9 Å². The third-order valence-corrected chi connectivity index (χ3v) is 9.02. The van der Waals surface area contributed by atoms with Crippen LogP contribution in [0.15, 0.2) is 54.3 Å². The number of hydrogen-bond donors (Lipinski definition) is 3. The number of esters is 2. The molecule has 2 heterocycles. The van der Waals surface area contributed by atoms with Crippen LogP contribution in [0.2, 0.25) is 0 Å². The number of likely N-dealkylation sites (tertiary alicyclic amines) is 1. The van der Waals surface area contributed by atoms with E-state index in [1.807, 2.05) is 43.4 Å². The summed E-state index contributed by atoms with van der Waals surface area (Å²) >= 11 is 0. The van der Waals surface area contributed by atoms with Crippen molar-refractivity contribution in [1.29, 1.82) is 0 Å². The van der Waals surface area contributed by atoms with Crippen molar-refractivity contribution >= 4 is 11.9 Å². The molecule has 0 unspecified atom stereocenters. The van der Waals surface area contributed by atoms with Gasteiger partial charge < -0.3 is 35.1 Å². The molecule has 4 aliphatic rings. The first-order valence-corrected chi connectivity index (χ1v) is 13.5. The Kier molecular flexibility index (Phi) is 6.21. The minimum Gasteiger partial charge on any atom is -0.504 e. The quantitative estimate of drug-likeness (QED) is 0.477. The van der Waals surface area contributed by atoms with E-state index in [1.165, 1.54) is 6.92 Å². The number of aliphatic hydroxyl groups is 1. The number of benzene rings is 2. The van der Waals surface area contributed by atoms with Gasteiger partial charge in [-0.3, -0.25) is 4.79 Å². The monoisotopic (exact) mass is 534 g/mol. The van der Waals surface area contributed by atoms with Gasteiger partial charge in [-0.2, -0.15) is 0 Å². The lowest BCUT2D eigenvalue weighted by molar-refractivity contribution is -0.168. The van der Waals surface area contributed by atoms with Crippen LogP contribution in [0.3, 0.4) is 0 Å². The maximum absolute atomic E-state index is 13.1. The number of hydrogen-bond acceptors (Lipinski definition) is 9. The van der Waals surface area contributed by atoms with E-state index < -0.39 is 41.2 Å². The van der Waals surface area contributed by atoms with Crippen molar-refractivity contribution in [3.63, 3.8) is 0 Å². The Morgan fingerprint density at radius 3 is 2.74 bits per heavy atom. The van der Waals surface area contributed by atoms with Gasteiger partial charge in [0.2, 0.25) is 0 Å². The Morgan fingerprint density at radius 2 is 1.97 bits per heavy atom. The standard InChI is InChI=1S/C30H34N2O7/c1-17(37-28(35)20(31)15-18-7-4-3-5-8-18)27(34)38-22-11-13-30(36)23-16-19-9-10-21(33)25-24(19)29(30,26(22)39-25)12-6-14-32(23)2/h3-5,7-11,17,20,23,26,33,36H,6,12-16,31H2,1-2H3/t17-,20-,23+,26-,29-,30+/m0/s1. The Labute approximate surface area is 227 Å². The summed E-state index contributed by atoms with van der Waals surface area (Å²) in [7, 11) is 2.02. The Balaban J connectivity index is 1.24. The van der Waals surface area contributed by atoms with Crippen molar-refractivity contribution in [2.45, 2.75) is 74.3 Å². The number of nitrogens with zero attached hydrogens (tertiary/aromatic N) is 1. The molecule has 1 fully saturated rings. The lowest BCUT2D eigenvalue weighted by Gasteiger charge is -2.56. The zero-order valence-corrected chi connectivity index (χ0v) is 22.1. The van der Waals surface area contributed by atoms with Gasteiger partial charge in [-0.1, -0.05) is 36.4 Å². The van der Waals surface area contributed by atoms with Gasteiger partial charge in [0.15, 0.2) is 23.7 Å². The molecule has 0 saturated carbocycles. The van der Waals surface area contributed by atoms with Gasteiger partial charge in [0, 0.05) is 18.0 Å². The van der Waals surface area contributed by atoms with Gasteiger partial charge >= 0.3 is 11.9 Å². The summed E-state index contributed by atoms with van der Waals surface area (Å²) in [5.41, 5.74) is 6.70. The number of carbonyl (C=O) groups excluding carboxylic acids is 2. The van der Waals surface area contributed by atoms with Gasteiger partial charge in [-0.05, 0) is 69.5 Å². The Hall–Kier alpha value is -3.40. The highest BCUT2D eigenvalue weighted by atomic mass is 16.6. The molecule has 6 rings (SSSR count). The number of carbonyl (C=O) groups is 2. The highest BCUT2D eigenvalue weighted by Gasteiger charge is 2.71. The van der Waals surface area contributed by atoms with Crippen molar-refractivity contribution in [1.82, 2.24) is 4.90 Å². The number of phenols is 1. The maximum atomic E-state index is 13.1. The maximum Gasteiger partial charge on any atom is 0.352 e. The molecule has 9 nitrogen and oxygen atoms in total. The van der Waals surface area contributed by atoms with Gasteiger partial charge in [0.1, 0.15) is 11.8 Å². The predicted octanol–water partition coefficient (Wildman–Crippen LogP) is 2.10. The van der Waals surface area contributed by atoms with Crippen LogP contribution < -0.4 is 10.5 Å². The molecule has 9 heteroatoms. The molecule has 4 N–H and O–H groups in total. The molecule has 2 aliphatic carbocycles. The van der Waals surface area contributed by atoms with E-state index >= 15 is 0 Å². The second-order valence-corrected chi connectivity index (χ2v) is 11.3. The summed E-state index contributed by atoms with van der Waals surface area (Å²) < 4.78 is 17.5. The fraction of sp³-hybridized carbons (Fsp3) is 0.467. The van der Waals surface area contributed by atoms with Crippen LogP contribution in [-0.2, 0) is 37.3 Å². The highest BCUT2D eigenvalue weighted by molar-refractivity contribution is 5.82. The summed E-state index contributed by atoms with van der Waals surface area (Å²) in [5, 5.41) is 23.1. The van der Waals surface area contributed by atoms with E-state index in [2.05, 4.69) is 4.90 Å². The number of nitrogens with two attached hydrogens (primary N) is 1. The molecule has 6 atom stereocenters. The molecule has 1 saturated heterocycles. The van der Waals surface area contributed by atoms with Crippen molar-refractivity contribution in [2.24, 2.45) is 5.73 Å². The Morgan fingerprint density at radius 1 is 1.21 bits per heavy atom. The fourth-order valence-corrected chi connectivity index (χ4v) is 7.15. The fourth-order valence-electron chi connectivity index (χ4n) is 7.15. The SMILES string of the molecule is C[C@H](OC(=O)[C@@H](N)Cc1ccccc1)C(=O)OC1=CC[C@@]2(O)[C@H]3Cc4ccc(O)c5c4[C@@]2(CCCN3C)[C@H]1O5. The molecule has 0 aromatic heterocycles. The summed E-state index contributed by atoms with van der Waals surface area (Å²) in [6, 6.07) is 11.8. The van der Waals surface area contributed by atoms with Gasteiger partial charge in [0.05, 0.1) is 11.0 Å². The molecule has 39 heavy (non-hydrogen) atoms. The minimum atomic E-state index is -1.20. The molecule has 0 radical (unpaired) electrons. The van der Waals surface area contributed by atoms with Crippen LogP contribution in [0.5, 0.6) is 11.5 Å². The van der Waals surface area contributed by atoms with Crippen LogP contribution in [0.25, 0.3) is 0 Å². The average Bonchev–Trinajstić information content (AvgIpc) is 3.26. The van der Waals surface area contributed by atoms with Crippen molar-refractivity contribution in [2.75, 3.05) is 13.6 Å². The minimum absolute atomic E-state index is 0.00342. The number of likely N-dealkylation sites (N-methyl/N-ethyl adjacent to an activating group) is 1. The van der Waals surface area contributed by atoms with Crippen LogP contribution in [-0.4, -0.2) is 70.5 Å². The first-order chi connectivity index (χ1) is 18.7. The molecule has 2 bridgehead atoms. The van der Waals surface area contributed by atoms with E-state index in [-0.39, 0.29) is 30.4 Å². The van der Waals surface area contributed by atoms with Gasteiger partial charge in [0.25, 0.3) is 0 Å². The number of aromatic hydroxyl groups is 1. The Bertz CT molecular complexity index is 1340. The molecule has 0 amide bonds. The van der Waals surface area contributed by atoms with Crippen molar-refractivity contribution in [3.05, 3.63) is 71.0 Å². The average molecular weight is 535 g/mol. The lowest BCUT2D eigenvalue weighted by Crippen LogP contribution is -2.69. The number of rotatable bonds is 6. The lowest BCUT2D eigenvalue weighted by atomic mass is 9.52. The second-order valence-electron chi connectivity index (χ2n) is 11.3.